The molecule has 3 aromatic rings. The molecule has 8 nitrogen and oxygen atoms in total. The summed E-state index contributed by atoms with van der Waals surface area (Å²) in [5.74, 6) is -0.690. The van der Waals surface area contributed by atoms with Crippen molar-refractivity contribution in [3.05, 3.63) is 88.2 Å². The third-order valence-electron chi connectivity index (χ3n) is 8.02. The molecule has 1 spiro atoms. The number of carbonyl (C=O) groups excluding carboxylic acids is 3. The average Bonchev–Trinajstić information content (AvgIpc) is 3.42. The average molecular weight is 575 g/mol. The van der Waals surface area contributed by atoms with Gasteiger partial charge in [-0.1, -0.05) is 51.1 Å². The van der Waals surface area contributed by atoms with Crippen LogP contribution in [0.25, 0.3) is 0 Å². The van der Waals surface area contributed by atoms with Crippen LogP contribution in [-0.2, 0) is 15.0 Å². The smallest absolute Gasteiger partial charge is 0.252 e. The molecule has 2 unspecified atom stereocenters. The number of amides is 3. The number of carbonyl (C=O) groups is 3. The number of nitrogens with one attached hydrogen (secondary N) is 3. The first-order valence-corrected chi connectivity index (χ1v) is 13.9. The normalized spacial score (nSPS) is 20.8. The molecule has 42 heavy (non-hydrogen) atoms. The van der Waals surface area contributed by atoms with Crippen molar-refractivity contribution in [2.75, 3.05) is 24.3 Å². The summed E-state index contributed by atoms with van der Waals surface area (Å²) in [7, 11) is 1.42. The molecule has 3 amide bonds. The Balaban J connectivity index is 0.000000244. The second-order valence-electron chi connectivity index (χ2n) is 12.2. The van der Waals surface area contributed by atoms with E-state index in [1.54, 1.807) is 19.1 Å². The van der Waals surface area contributed by atoms with E-state index < -0.39 is 11.3 Å². The summed E-state index contributed by atoms with van der Waals surface area (Å²) >= 11 is 0. The van der Waals surface area contributed by atoms with E-state index in [9.17, 15) is 14.4 Å². The predicted molar refractivity (Wildman–Crippen MR) is 162 cm³/mol. The van der Waals surface area contributed by atoms with Crippen molar-refractivity contribution >= 4 is 29.6 Å². The van der Waals surface area contributed by atoms with Gasteiger partial charge in [-0.05, 0) is 66.1 Å². The van der Waals surface area contributed by atoms with Crippen LogP contribution in [0.5, 0.6) is 5.75 Å². The monoisotopic (exact) mass is 574 g/mol. The Kier molecular flexibility index (Phi) is 8.73. The molecule has 5 rings (SSSR count). The minimum absolute atomic E-state index is 0.0155. The SMILES string of the molecule is COc1cc(NC=O)ccc1C(N)=O.Cc1ccc2c(c1)NC(=O)[C@@]21C(CC(C)(C)C)NCC1c1cccc(C)c1F. The van der Waals surface area contributed by atoms with Crippen LogP contribution in [0.2, 0.25) is 0 Å². The fraction of sp³-hybridized carbons (Fsp3) is 0.364. The number of methoxy groups -OCH3 is 1. The minimum atomic E-state index is -0.801. The zero-order valence-corrected chi connectivity index (χ0v) is 24.9. The Morgan fingerprint density at radius 3 is 2.55 bits per heavy atom. The van der Waals surface area contributed by atoms with Crippen LogP contribution in [0.3, 0.4) is 0 Å². The molecule has 1 saturated heterocycles. The zero-order valence-electron chi connectivity index (χ0n) is 24.9. The van der Waals surface area contributed by atoms with Crippen molar-refractivity contribution in [1.29, 1.82) is 0 Å². The van der Waals surface area contributed by atoms with Crippen LogP contribution in [0.15, 0.2) is 54.6 Å². The number of benzene rings is 3. The summed E-state index contributed by atoms with van der Waals surface area (Å²) in [6, 6.07) is 16.2. The number of hydrogen-bond donors (Lipinski definition) is 4. The molecular formula is C33H39FN4O4. The number of nitrogens with two attached hydrogens (primary N) is 1. The first-order chi connectivity index (χ1) is 19.8. The molecule has 222 valence electrons. The number of aryl methyl sites for hydroxylation is 2. The fourth-order valence-electron chi connectivity index (χ4n) is 6.18. The van der Waals surface area contributed by atoms with Crippen LogP contribution < -0.4 is 26.4 Å². The molecule has 0 saturated carbocycles. The number of primary amides is 1. The Labute approximate surface area is 246 Å². The highest BCUT2D eigenvalue weighted by Gasteiger charge is 2.61. The number of halogens is 1. The minimum Gasteiger partial charge on any atom is -0.496 e. The van der Waals surface area contributed by atoms with Gasteiger partial charge < -0.3 is 26.4 Å². The van der Waals surface area contributed by atoms with Gasteiger partial charge in [0.2, 0.25) is 12.3 Å². The van der Waals surface area contributed by atoms with Gasteiger partial charge in [0.15, 0.2) is 0 Å². The van der Waals surface area contributed by atoms with E-state index >= 15 is 4.39 Å². The summed E-state index contributed by atoms with van der Waals surface area (Å²) in [6.07, 6.45) is 1.37. The maximum atomic E-state index is 15.2. The third kappa shape index (κ3) is 5.74. The highest BCUT2D eigenvalue weighted by atomic mass is 19.1. The van der Waals surface area contributed by atoms with Gasteiger partial charge in [0.1, 0.15) is 11.6 Å². The van der Waals surface area contributed by atoms with E-state index in [2.05, 4.69) is 48.9 Å². The lowest BCUT2D eigenvalue weighted by atomic mass is 9.63. The van der Waals surface area contributed by atoms with Crippen molar-refractivity contribution in [3.63, 3.8) is 0 Å². The maximum absolute atomic E-state index is 15.2. The van der Waals surface area contributed by atoms with Crippen LogP contribution >= 0.6 is 0 Å². The highest BCUT2D eigenvalue weighted by molar-refractivity contribution is 6.08. The maximum Gasteiger partial charge on any atom is 0.252 e. The number of fused-ring (bicyclic) bond motifs is 2. The van der Waals surface area contributed by atoms with Crippen LogP contribution in [0.1, 0.15) is 65.7 Å². The van der Waals surface area contributed by atoms with Crippen LogP contribution in [0, 0.1) is 25.1 Å². The summed E-state index contributed by atoms with van der Waals surface area (Å²) < 4.78 is 20.1. The standard InChI is InChI=1S/C24H29FN2O.C9H10N2O3/c1-14-9-10-17-19(11-14)27-22(28)24(17)18(13-26-20(24)12-23(3,4)5)16-8-6-7-15(2)21(16)25;1-14-8-4-6(11-5-12)2-3-7(8)9(10)13/h6-11,18,20,26H,12-13H2,1-5H3,(H,27,28);2-5H,1H3,(H2,10,13)(H,11,12)/t18?,20?,24-;/m0./s1. The zero-order chi connectivity index (χ0) is 30.8. The van der Waals surface area contributed by atoms with Gasteiger partial charge in [-0.2, -0.15) is 0 Å². The molecule has 0 aliphatic carbocycles. The number of rotatable bonds is 6. The lowest BCUT2D eigenvalue weighted by molar-refractivity contribution is -0.122. The fourth-order valence-corrected chi connectivity index (χ4v) is 6.18. The quantitative estimate of drug-likeness (QED) is 0.302. The molecule has 9 heteroatoms. The Morgan fingerprint density at radius 1 is 1.17 bits per heavy atom. The van der Waals surface area contributed by atoms with E-state index in [0.29, 0.717) is 35.5 Å². The number of hydrogen-bond acceptors (Lipinski definition) is 5. The van der Waals surface area contributed by atoms with Crippen molar-refractivity contribution in [2.24, 2.45) is 11.1 Å². The Bertz CT molecular complexity index is 1520. The second kappa shape index (κ2) is 11.9. The molecule has 2 heterocycles. The second-order valence-corrected chi connectivity index (χ2v) is 12.2. The molecule has 5 N–H and O–H groups in total. The molecule has 2 aliphatic rings. The van der Waals surface area contributed by atoms with Gasteiger partial charge in [-0.25, -0.2) is 4.39 Å². The lowest BCUT2D eigenvalue weighted by Gasteiger charge is -2.37. The van der Waals surface area contributed by atoms with E-state index in [1.807, 2.05) is 25.1 Å². The molecule has 0 aromatic heterocycles. The van der Waals surface area contributed by atoms with Crippen molar-refractivity contribution in [3.8, 4) is 5.75 Å². The molecule has 3 atom stereocenters. The molecule has 3 aromatic carbocycles. The number of ether oxygens (including phenoxy) is 1. The van der Waals surface area contributed by atoms with Crippen molar-refractivity contribution in [2.45, 2.75) is 58.4 Å². The van der Waals surface area contributed by atoms with E-state index in [4.69, 9.17) is 10.5 Å². The van der Waals surface area contributed by atoms with Crippen molar-refractivity contribution < 1.29 is 23.5 Å². The van der Waals surface area contributed by atoms with Crippen LogP contribution in [-0.4, -0.2) is 37.9 Å². The van der Waals surface area contributed by atoms with Crippen molar-refractivity contribution in [1.82, 2.24) is 5.32 Å². The topological polar surface area (TPSA) is 123 Å². The summed E-state index contributed by atoms with van der Waals surface area (Å²) in [5.41, 5.74) is 9.39. The van der Waals surface area contributed by atoms with E-state index in [-0.39, 0.29) is 34.7 Å². The Morgan fingerprint density at radius 2 is 1.90 bits per heavy atom. The molecule has 0 bridgehead atoms. The molecule has 2 aliphatic heterocycles. The van der Waals surface area contributed by atoms with Gasteiger partial charge in [-0.15, -0.1) is 0 Å². The Hall–Kier alpha value is -4.24. The van der Waals surface area contributed by atoms with Gasteiger partial charge in [0.05, 0.1) is 18.1 Å². The van der Waals surface area contributed by atoms with Gasteiger partial charge >= 0.3 is 0 Å². The van der Waals surface area contributed by atoms with Gasteiger partial charge in [0, 0.05) is 35.9 Å². The predicted octanol–water partition coefficient (Wildman–Crippen LogP) is 5.19. The summed E-state index contributed by atoms with van der Waals surface area (Å²) in [4.78, 5) is 34.6. The first-order valence-electron chi connectivity index (χ1n) is 13.9. The summed E-state index contributed by atoms with van der Waals surface area (Å²) in [5, 5.41) is 9.15. The lowest BCUT2D eigenvalue weighted by Crippen LogP contribution is -2.49. The summed E-state index contributed by atoms with van der Waals surface area (Å²) in [6.45, 7) is 11.0. The first kappa shape index (κ1) is 30.7. The third-order valence-corrected chi connectivity index (χ3v) is 8.02. The van der Waals surface area contributed by atoms with E-state index in [0.717, 1.165) is 23.2 Å². The largest absolute Gasteiger partial charge is 0.496 e. The van der Waals surface area contributed by atoms with E-state index in [1.165, 1.54) is 19.2 Å². The highest BCUT2D eigenvalue weighted by Crippen LogP contribution is 2.54. The molecule has 1 fully saturated rings. The molecule has 0 radical (unpaired) electrons. The van der Waals surface area contributed by atoms with Crippen LogP contribution in [0.4, 0.5) is 15.8 Å². The number of anilines is 2. The molecular weight excluding hydrogens is 535 g/mol. The van der Waals surface area contributed by atoms with Gasteiger partial charge in [-0.3, -0.25) is 14.4 Å². The van der Waals surface area contributed by atoms with Gasteiger partial charge in [0.25, 0.3) is 5.91 Å².